The van der Waals surface area contributed by atoms with Gasteiger partial charge in [-0.3, -0.25) is 0 Å². The Morgan fingerprint density at radius 1 is 1.27 bits per heavy atom. The van der Waals surface area contributed by atoms with Gasteiger partial charge in [-0.25, -0.2) is 0 Å². The summed E-state index contributed by atoms with van der Waals surface area (Å²) in [6.45, 7) is 3.19. The number of nitrogens with one attached hydrogen (secondary N) is 1. The second-order valence-corrected chi connectivity index (χ2v) is 4.18. The van der Waals surface area contributed by atoms with Gasteiger partial charge < -0.3 is 5.32 Å². The first-order chi connectivity index (χ1) is 7.38. The molecule has 15 heavy (non-hydrogen) atoms. The van der Waals surface area contributed by atoms with Gasteiger partial charge in [0.2, 0.25) is 0 Å². The molecular weight excluding hydrogens is 182 g/mol. The molecule has 1 aromatic rings. The summed E-state index contributed by atoms with van der Waals surface area (Å²) in [5.41, 5.74) is 2.70. The number of hydrogen-bond donors (Lipinski definition) is 1. The van der Waals surface area contributed by atoms with Crippen LogP contribution in [-0.4, -0.2) is 12.6 Å². The van der Waals surface area contributed by atoms with E-state index in [0.717, 1.165) is 19.0 Å². The summed E-state index contributed by atoms with van der Waals surface area (Å²) < 4.78 is 0. The lowest BCUT2D eigenvalue weighted by Crippen LogP contribution is -2.15. The van der Waals surface area contributed by atoms with E-state index in [-0.39, 0.29) is 0 Å². The van der Waals surface area contributed by atoms with E-state index in [2.05, 4.69) is 48.7 Å². The largest absolute Gasteiger partial charge is 0.311 e. The van der Waals surface area contributed by atoms with Crippen LogP contribution < -0.4 is 5.32 Å². The first-order valence-corrected chi connectivity index (χ1v) is 5.87. The Hall–Kier alpha value is -1.08. The van der Waals surface area contributed by atoms with Crippen LogP contribution in [0.15, 0.2) is 30.3 Å². The van der Waals surface area contributed by atoms with Gasteiger partial charge in [0.15, 0.2) is 0 Å². The Morgan fingerprint density at radius 3 is 2.60 bits per heavy atom. The summed E-state index contributed by atoms with van der Waals surface area (Å²) >= 11 is 0. The monoisotopic (exact) mass is 201 g/mol. The summed E-state index contributed by atoms with van der Waals surface area (Å²) in [6, 6.07) is 9.58. The molecule has 0 aromatic heterocycles. The molecule has 0 unspecified atom stereocenters. The summed E-state index contributed by atoms with van der Waals surface area (Å²) in [5, 5.41) is 3.46. The average Bonchev–Trinajstić information content (AvgIpc) is 3.09. The summed E-state index contributed by atoms with van der Waals surface area (Å²) in [5.74, 6) is 0. The Balaban J connectivity index is 1.80. The third-order valence-electron chi connectivity index (χ3n) is 2.80. The highest BCUT2D eigenvalue weighted by Crippen LogP contribution is 2.18. The molecule has 0 atom stereocenters. The molecular formula is C14H19N. The number of aryl methyl sites for hydroxylation is 1. The average molecular weight is 201 g/mol. The Morgan fingerprint density at radius 2 is 2.00 bits per heavy atom. The molecule has 0 radical (unpaired) electrons. The van der Waals surface area contributed by atoms with Crippen LogP contribution in [0, 0.1) is 0 Å². The summed E-state index contributed by atoms with van der Waals surface area (Å²) in [7, 11) is 0. The molecule has 0 amide bonds. The fraction of sp³-hybridized carbons (Fsp3) is 0.429. The highest BCUT2D eigenvalue weighted by molar-refractivity contribution is 5.49. The van der Waals surface area contributed by atoms with E-state index in [4.69, 9.17) is 0 Å². The van der Waals surface area contributed by atoms with Crippen molar-refractivity contribution in [3.63, 3.8) is 0 Å². The van der Waals surface area contributed by atoms with Crippen molar-refractivity contribution in [3.8, 4) is 0 Å². The van der Waals surface area contributed by atoms with Gasteiger partial charge in [-0.1, -0.05) is 43.3 Å². The van der Waals surface area contributed by atoms with Crippen molar-refractivity contribution in [3.05, 3.63) is 41.5 Å². The van der Waals surface area contributed by atoms with Crippen molar-refractivity contribution >= 4 is 6.08 Å². The van der Waals surface area contributed by atoms with Gasteiger partial charge in [0.25, 0.3) is 0 Å². The summed E-state index contributed by atoms with van der Waals surface area (Å²) in [4.78, 5) is 0. The van der Waals surface area contributed by atoms with E-state index >= 15 is 0 Å². The van der Waals surface area contributed by atoms with Crippen LogP contribution in [0.4, 0.5) is 0 Å². The first-order valence-electron chi connectivity index (χ1n) is 5.87. The van der Waals surface area contributed by atoms with Crippen molar-refractivity contribution < 1.29 is 0 Å². The zero-order chi connectivity index (χ0) is 10.5. The molecule has 1 fully saturated rings. The van der Waals surface area contributed by atoms with Crippen molar-refractivity contribution in [1.29, 1.82) is 0 Å². The summed E-state index contributed by atoms with van der Waals surface area (Å²) in [6.07, 6.45) is 8.24. The van der Waals surface area contributed by atoms with Gasteiger partial charge in [-0.2, -0.15) is 0 Å². The Kier molecular flexibility index (Phi) is 3.57. The fourth-order valence-corrected chi connectivity index (χ4v) is 1.58. The highest BCUT2D eigenvalue weighted by atomic mass is 14.9. The topological polar surface area (TPSA) is 12.0 Å². The van der Waals surface area contributed by atoms with Gasteiger partial charge in [0.05, 0.1) is 0 Å². The third-order valence-corrected chi connectivity index (χ3v) is 2.80. The molecule has 1 heteroatoms. The number of rotatable bonds is 5. The maximum absolute atomic E-state index is 3.46. The predicted octanol–water partition coefficient (Wildman–Crippen LogP) is 3.01. The van der Waals surface area contributed by atoms with Crippen LogP contribution in [0.3, 0.4) is 0 Å². The molecule has 0 heterocycles. The number of benzene rings is 1. The normalized spacial score (nSPS) is 16.1. The zero-order valence-corrected chi connectivity index (χ0v) is 9.37. The molecule has 2 rings (SSSR count). The van der Waals surface area contributed by atoms with Crippen LogP contribution in [0.2, 0.25) is 0 Å². The first kappa shape index (κ1) is 10.4. The molecule has 1 nitrogen and oxygen atoms in total. The minimum absolute atomic E-state index is 0.803. The van der Waals surface area contributed by atoms with E-state index in [1.807, 2.05) is 0 Å². The second-order valence-electron chi connectivity index (χ2n) is 4.18. The minimum atomic E-state index is 0.803. The molecule has 1 aromatic carbocycles. The highest BCUT2D eigenvalue weighted by Gasteiger charge is 2.18. The fourth-order valence-electron chi connectivity index (χ4n) is 1.58. The standard InChI is InChI=1S/C14H19N/c1-2-12-5-7-13(8-6-12)4-3-11-15-14-9-10-14/h3-8,14-15H,2,9-11H2,1H3. The van der Waals surface area contributed by atoms with E-state index < -0.39 is 0 Å². The van der Waals surface area contributed by atoms with Crippen LogP contribution in [0.1, 0.15) is 30.9 Å². The Bertz CT molecular complexity index is 320. The van der Waals surface area contributed by atoms with Gasteiger partial charge in [0, 0.05) is 12.6 Å². The Labute approximate surface area is 92.2 Å². The van der Waals surface area contributed by atoms with Crippen molar-refractivity contribution in [2.24, 2.45) is 0 Å². The third kappa shape index (κ3) is 3.52. The lowest BCUT2D eigenvalue weighted by molar-refractivity contribution is 0.754. The SMILES string of the molecule is CCc1ccc(C=CCNC2CC2)cc1. The molecule has 0 aliphatic heterocycles. The quantitative estimate of drug-likeness (QED) is 0.772. The van der Waals surface area contributed by atoms with E-state index in [1.165, 1.54) is 24.0 Å². The maximum atomic E-state index is 3.46. The van der Waals surface area contributed by atoms with Crippen molar-refractivity contribution in [1.82, 2.24) is 5.32 Å². The van der Waals surface area contributed by atoms with Crippen LogP contribution in [-0.2, 0) is 6.42 Å². The van der Waals surface area contributed by atoms with Gasteiger partial charge in [-0.15, -0.1) is 0 Å². The van der Waals surface area contributed by atoms with Crippen LogP contribution in [0.5, 0.6) is 0 Å². The van der Waals surface area contributed by atoms with E-state index in [0.29, 0.717) is 0 Å². The molecule has 1 saturated carbocycles. The maximum Gasteiger partial charge on any atom is 0.0140 e. The van der Waals surface area contributed by atoms with Gasteiger partial charge in [0.1, 0.15) is 0 Å². The van der Waals surface area contributed by atoms with E-state index in [9.17, 15) is 0 Å². The van der Waals surface area contributed by atoms with Crippen LogP contribution >= 0.6 is 0 Å². The lowest BCUT2D eigenvalue weighted by atomic mass is 10.1. The zero-order valence-electron chi connectivity index (χ0n) is 9.37. The molecule has 80 valence electrons. The second kappa shape index (κ2) is 5.13. The minimum Gasteiger partial charge on any atom is -0.311 e. The molecule has 0 saturated heterocycles. The van der Waals surface area contributed by atoms with Crippen molar-refractivity contribution in [2.75, 3.05) is 6.54 Å². The lowest BCUT2D eigenvalue weighted by Gasteiger charge is -1.98. The number of hydrogen-bond acceptors (Lipinski definition) is 1. The molecule has 1 N–H and O–H groups in total. The molecule has 0 bridgehead atoms. The smallest absolute Gasteiger partial charge is 0.0140 e. The van der Waals surface area contributed by atoms with Gasteiger partial charge >= 0.3 is 0 Å². The predicted molar refractivity (Wildman–Crippen MR) is 65.9 cm³/mol. The molecule has 1 aliphatic carbocycles. The van der Waals surface area contributed by atoms with Crippen LogP contribution in [0.25, 0.3) is 6.08 Å². The van der Waals surface area contributed by atoms with E-state index in [1.54, 1.807) is 0 Å². The molecule has 1 aliphatic rings. The van der Waals surface area contributed by atoms with Crippen molar-refractivity contribution in [2.45, 2.75) is 32.2 Å². The molecule has 0 spiro atoms. The van der Waals surface area contributed by atoms with Gasteiger partial charge in [-0.05, 0) is 30.4 Å².